The molecule has 1 N–H and O–H groups in total. The molecule has 2 bridgehead atoms. The van der Waals surface area contributed by atoms with Crippen LogP contribution in [0.1, 0.15) is 40.0 Å². The predicted molar refractivity (Wildman–Crippen MR) is 82.3 cm³/mol. The molecule has 0 amide bonds. The molecular formula is C17H26O6. The van der Waals surface area contributed by atoms with E-state index >= 15 is 0 Å². The van der Waals surface area contributed by atoms with Gasteiger partial charge in [-0.25, -0.2) is 9.78 Å². The number of allylic oxidation sites excluding steroid dienone is 1. The van der Waals surface area contributed by atoms with Gasteiger partial charge >= 0.3 is 11.9 Å². The quantitative estimate of drug-likeness (QED) is 0.230. The third-order valence-corrected chi connectivity index (χ3v) is 4.89. The standard InChI is InChI=1S/C17H26O6/c1-4-17(2,3)16(20)21-8-5-9-22-23-14-12-7-6-11(10-12)13(14)15(18)19/h6-7,11-14H,4-5,8-10H2,1-3H3,(H,18,19). The van der Waals surface area contributed by atoms with Gasteiger partial charge in [-0.1, -0.05) is 19.1 Å². The molecule has 4 atom stereocenters. The average Bonchev–Trinajstić information content (AvgIpc) is 3.11. The van der Waals surface area contributed by atoms with E-state index in [-0.39, 0.29) is 31.0 Å². The van der Waals surface area contributed by atoms with E-state index in [9.17, 15) is 14.7 Å². The van der Waals surface area contributed by atoms with Crippen molar-refractivity contribution in [2.45, 2.75) is 46.1 Å². The normalized spacial score (nSPS) is 29.0. The highest BCUT2D eigenvalue weighted by Gasteiger charge is 2.50. The van der Waals surface area contributed by atoms with Gasteiger partial charge in [0.05, 0.1) is 24.5 Å². The van der Waals surface area contributed by atoms with Crippen molar-refractivity contribution in [1.29, 1.82) is 0 Å². The number of hydrogen-bond acceptors (Lipinski definition) is 5. The summed E-state index contributed by atoms with van der Waals surface area (Å²) in [7, 11) is 0. The van der Waals surface area contributed by atoms with Crippen LogP contribution in [0.25, 0.3) is 0 Å². The monoisotopic (exact) mass is 326 g/mol. The van der Waals surface area contributed by atoms with Gasteiger partial charge in [0, 0.05) is 12.3 Å². The smallest absolute Gasteiger partial charge is 0.311 e. The Kier molecular flexibility index (Phi) is 5.81. The second kappa shape index (κ2) is 7.45. The zero-order valence-corrected chi connectivity index (χ0v) is 14.0. The summed E-state index contributed by atoms with van der Waals surface area (Å²) in [6, 6.07) is 0. The maximum atomic E-state index is 11.8. The minimum Gasteiger partial charge on any atom is -0.481 e. The first-order valence-corrected chi connectivity index (χ1v) is 8.23. The maximum Gasteiger partial charge on any atom is 0.311 e. The second-order valence-corrected chi connectivity index (χ2v) is 6.92. The summed E-state index contributed by atoms with van der Waals surface area (Å²) in [5, 5.41) is 9.28. The van der Waals surface area contributed by atoms with Gasteiger partial charge in [0.15, 0.2) is 0 Å². The van der Waals surface area contributed by atoms with Crippen molar-refractivity contribution in [3.8, 4) is 0 Å². The molecule has 1 fully saturated rings. The molecule has 130 valence electrons. The fraction of sp³-hybridized carbons (Fsp3) is 0.765. The number of fused-ring (bicyclic) bond motifs is 2. The Hall–Kier alpha value is -1.40. The van der Waals surface area contributed by atoms with Gasteiger partial charge in [-0.05, 0) is 32.6 Å². The summed E-state index contributed by atoms with van der Waals surface area (Å²) in [5.74, 6) is -1.43. The van der Waals surface area contributed by atoms with Crippen LogP contribution in [0, 0.1) is 23.2 Å². The lowest BCUT2D eigenvalue weighted by molar-refractivity contribution is -0.335. The van der Waals surface area contributed by atoms with E-state index in [1.54, 1.807) is 0 Å². The Morgan fingerprint density at radius 2 is 1.91 bits per heavy atom. The molecule has 0 aromatic heterocycles. The molecule has 0 aliphatic heterocycles. The fourth-order valence-corrected chi connectivity index (χ4v) is 2.98. The highest BCUT2D eigenvalue weighted by molar-refractivity contribution is 5.75. The molecule has 2 aliphatic rings. The third kappa shape index (κ3) is 4.12. The molecule has 0 radical (unpaired) electrons. The van der Waals surface area contributed by atoms with E-state index in [1.807, 2.05) is 32.9 Å². The van der Waals surface area contributed by atoms with Gasteiger partial charge in [-0.3, -0.25) is 9.59 Å². The van der Waals surface area contributed by atoms with Crippen molar-refractivity contribution in [3.63, 3.8) is 0 Å². The summed E-state index contributed by atoms with van der Waals surface area (Å²) < 4.78 is 5.20. The van der Waals surface area contributed by atoms with Gasteiger partial charge < -0.3 is 9.84 Å². The average molecular weight is 326 g/mol. The van der Waals surface area contributed by atoms with Gasteiger partial charge in [0.2, 0.25) is 0 Å². The SMILES string of the molecule is CCC(C)(C)C(=O)OCCCOOC1C2C=CC(C2)C1C(=O)O. The summed E-state index contributed by atoms with van der Waals surface area (Å²) in [4.78, 5) is 33.6. The minimum absolute atomic E-state index is 0.0448. The third-order valence-electron chi connectivity index (χ3n) is 4.89. The van der Waals surface area contributed by atoms with Gasteiger partial charge in [-0.2, -0.15) is 0 Å². The van der Waals surface area contributed by atoms with Crippen molar-refractivity contribution < 1.29 is 29.2 Å². The molecule has 0 saturated heterocycles. The van der Waals surface area contributed by atoms with Crippen LogP contribution in [0.5, 0.6) is 0 Å². The Balaban J connectivity index is 1.64. The largest absolute Gasteiger partial charge is 0.481 e. The number of carbonyl (C=O) groups excluding carboxylic acids is 1. The van der Waals surface area contributed by atoms with Crippen molar-refractivity contribution in [1.82, 2.24) is 0 Å². The lowest BCUT2D eigenvalue weighted by Crippen LogP contribution is -2.34. The van der Waals surface area contributed by atoms with E-state index in [2.05, 4.69) is 0 Å². The molecule has 2 aliphatic carbocycles. The van der Waals surface area contributed by atoms with Crippen molar-refractivity contribution in [2.24, 2.45) is 23.2 Å². The Morgan fingerprint density at radius 1 is 1.22 bits per heavy atom. The summed E-state index contributed by atoms with van der Waals surface area (Å²) >= 11 is 0. The molecule has 2 rings (SSSR count). The topological polar surface area (TPSA) is 82.1 Å². The lowest BCUT2D eigenvalue weighted by atomic mass is 9.91. The number of esters is 1. The second-order valence-electron chi connectivity index (χ2n) is 6.92. The number of rotatable bonds is 9. The number of aliphatic carboxylic acids is 1. The van der Waals surface area contributed by atoms with Crippen LogP contribution < -0.4 is 0 Å². The summed E-state index contributed by atoms with van der Waals surface area (Å²) in [6.45, 7) is 6.18. The molecule has 6 nitrogen and oxygen atoms in total. The molecule has 0 spiro atoms. The van der Waals surface area contributed by atoms with Gasteiger partial charge in [-0.15, -0.1) is 0 Å². The van der Waals surface area contributed by atoms with Crippen LogP contribution in [0.15, 0.2) is 12.2 Å². The van der Waals surface area contributed by atoms with Crippen LogP contribution in [0.4, 0.5) is 0 Å². The molecule has 4 unspecified atom stereocenters. The first-order valence-electron chi connectivity index (χ1n) is 8.23. The van der Waals surface area contributed by atoms with E-state index in [0.717, 1.165) is 12.8 Å². The Morgan fingerprint density at radius 3 is 2.57 bits per heavy atom. The Labute approximate surface area is 136 Å². The molecule has 0 aromatic carbocycles. The van der Waals surface area contributed by atoms with Crippen molar-refractivity contribution in [3.05, 3.63) is 12.2 Å². The predicted octanol–water partition coefficient (Wildman–Crippen LogP) is 2.58. The van der Waals surface area contributed by atoms with Crippen molar-refractivity contribution in [2.75, 3.05) is 13.2 Å². The molecule has 0 aromatic rings. The number of carboxylic acids is 1. The number of ether oxygens (including phenoxy) is 1. The Bertz CT molecular complexity index is 470. The van der Waals surface area contributed by atoms with Crippen LogP contribution in [-0.2, 0) is 24.1 Å². The zero-order chi connectivity index (χ0) is 17.0. The molecular weight excluding hydrogens is 300 g/mol. The van der Waals surface area contributed by atoms with E-state index in [0.29, 0.717) is 6.42 Å². The van der Waals surface area contributed by atoms with Gasteiger partial charge in [0.25, 0.3) is 0 Å². The first kappa shape index (κ1) is 17.9. The first-order chi connectivity index (χ1) is 10.9. The maximum absolute atomic E-state index is 11.8. The summed E-state index contributed by atoms with van der Waals surface area (Å²) in [6.07, 6.45) is 5.59. The fourth-order valence-electron chi connectivity index (χ4n) is 2.98. The van der Waals surface area contributed by atoms with E-state index < -0.39 is 23.4 Å². The van der Waals surface area contributed by atoms with Crippen LogP contribution in [0.3, 0.4) is 0 Å². The van der Waals surface area contributed by atoms with E-state index in [4.69, 9.17) is 14.5 Å². The minimum atomic E-state index is -0.842. The zero-order valence-electron chi connectivity index (χ0n) is 14.0. The number of carbonyl (C=O) groups is 2. The molecule has 0 heterocycles. The van der Waals surface area contributed by atoms with Crippen LogP contribution >= 0.6 is 0 Å². The highest BCUT2D eigenvalue weighted by Crippen LogP contribution is 2.45. The number of carboxylic acid groups (broad SMARTS) is 1. The van der Waals surface area contributed by atoms with Gasteiger partial charge in [0.1, 0.15) is 6.10 Å². The molecule has 1 saturated carbocycles. The molecule has 23 heavy (non-hydrogen) atoms. The number of hydrogen-bond donors (Lipinski definition) is 1. The molecule has 6 heteroatoms. The van der Waals surface area contributed by atoms with Crippen LogP contribution in [0.2, 0.25) is 0 Å². The van der Waals surface area contributed by atoms with E-state index in [1.165, 1.54) is 0 Å². The van der Waals surface area contributed by atoms with Crippen molar-refractivity contribution >= 4 is 11.9 Å². The van der Waals surface area contributed by atoms with Crippen LogP contribution in [-0.4, -0.2) is 36.4 Å². The highest BCUT2D eigenvalue weighted by atomic mass is 17.2. The lowest BCUT2D eigenvalue weighted by Gasteiger charge is -2.23. The summed E-state index contributed by atoms with van der Waals surface area (Å²) in [5.41, 5.74) is -0.471.